The van der Waals surface area contributed by atoms with E-state index in [4.69, 9.17) is 17.5 Å². The van der Waals surface area contributed by atoms with E-state index in [1.807, 2.05) is 34.9 Å². The first-order chi connectivity index (χ1) is 9.19. The standard InChI is InChI=1S/C14H8BrN3S/c15-10-3-6-12-13(7-10)18(14(19)17-12)11-4-1-9(8-16)2-5-11/h1-7H,(H,17,19). The molecule has 1 N–H and O–H groups in total. The highest BCUT2D eigenvalue weighted by molar-refractivity contribution is 9.10. The van der Waals surface area contributed by atoms with Crippen LogP contribution in [0.25, 0.3) is 16.7 Å². The topological polar surface area (TPSA) is 44.5 Å². The number of aromatic nitrogens is 2. The molecule has 0 atom stereocenters. The third-order valence-electron chi connectivity index (χ3n) is 2.90. The maximum atomic E-state index is 8.83. The summed E-state index contributed by atoms with van der Waals surface area (Å²) in [6.45, 7) is 0. The molecule has 92 valence electrons. The van der Waals surface area contributed by atoms with Crippen molar-refractivity contribution < 1.29 is 0 Å². The number of nitrogens with zero attached hydrogens (tertiary/aromatic N) is 2. The van der Waals surface area contributed by atoms with Gasteiger partial charge in [0.05, 0.1) is 22.7 Å². The van der Waals surface area contributed by atoms with Crippen molar-refractivity contribution >= 4 is 39.2 Å². The second-order valence-corrected chi connectivity index (χ2v) is 5.39. The van der Waals surface area contributed by atoms with Crippen LogP contribution < -0.4 is 0 Å². The van der Waals surface area contributed by atoms with Gasteiger partial charge in [0, 0.05) is 10.2 Å². The molecule has 0 saturated heterocycles. The van der Waals surface area contributed by atoms with Crippen molar-refractivity contribution in [2.75, 3.05) is 0 Å². The van der Waals surface area contributed by atoms with Crippen LogP contribution in [0, 0.1) is 16.1 Å². The number of imidazole rings is 1. The highest BCUT2D eigenvalue weighted by atomic mass is 79.9. The summed E-state index contributed by atoms with van der Waals surface area (Å²) in [5.41, 5.74) is 3.56. The molecular weight excluding hydrogens is 322 g/mol. The Labute approximate surface area is 123 Å². The van der Waals surface area contributed by atoms with Gasteiger partial charge in [-0.15, -0.1) is 0 Å². The molecule has 0 saturated carbocycles. The molecule has 3 rings (SSSR count). The average Bonchev–Trinajstić information content (AvgIpc) is 2.74. The van der Waals surface area contributed by atoms with Crippen molar-refractivity contribution in [2.45, 2.75) is 0 Å². The van der Waals surface area contributed by atoms with E-state index in [0.29, 0.717) is 10.3 Å². The van der Waals surface area contributed by atoms with Crippen molar-refractivity contribution in [1.82, 2.24) is 9.55 Å². The number of hydrogen-bond donors (Lipinski definition) is 1. The summed E-state index contributed by atoms with van der Waals surface area (Å²) < 4.78 is 3.59. The van der Waals surface area contributed by atoms with Gasteiger partial charge in [-0.2, -0.15) is 5.26 Å². The molecule has 0 aliphatic carbocycles. The Bertz CT molecular complexity index is 853. The van der Waals surface area contributed by atoms with Crippen LogP contribution in [0.15, 0.2) is 46.9 Å². The third kappa shape index (κ3) is 2.09. The molecule has 3 nitrogen and oxygen atoms in total. The van der Waals surface area contributed by atoms with Gasteiger partial charge in [0.2, 0.25) is 0 Å². The van der Waals surface area contributed by atoms with Crippen LogP contribution in [0.3, 0.4) is 0 Å². The Morgan fingerprint density at radius 2 is 1.89 bits per heavy atom. The molecule has 1 aromatic heterocycles. The van der Waals surface area contributed by atoms with Gasteiger partial charge < -0.3 is 4.98 Å². The van der Waals surface area contributed by atoms with E-state index < -0.39 is 0 Å². The van der Waals surface area contributed by atoms with Gasteiger partial charge in [0.1, 0.15) is 0 Å². The highest BCUT2D eigenvalue weighted by Crippen LogP contribution is 2.23. The highest BCUT2D eigenvalue weighted by Gasteiger charge is 2.06. The first-order valence-electron chi connectivity index (χ1n) is 5.60. The average molecular weight is 330 g/mol. The Morgan fingerprint density at radius 3 is 2.58 bits per heavy atom. The second-order valence-electron chi connectivity index (χ2n) is 4.09. The Kier molecular flexibility index (Phi) is 2.97. The molecule has 2 aromatic carbocycles. The lowest BCUT2D eigenvalue weighted by Gasteiger charge is -2.04. The minimum atomic E-state index is 0.635. The molecule has 0 amide bonds. The Hall–Kier alpha value is -1.90. The van der Waals surface area contributed by atoms with Gasteiger partial charge in [-0.3, -0.25) is 4.57 Å². The maximum Gasteiger partial charge on any atom is 0.182 e. The van der Waals surface area contributed by atoms with Crippen molar-refractivity contribution in [3.8, 4) is 11.8 Å². The van der Waals surface area contributed by atoms with E-state index in [1.54, 1.807) is 12.1 Å². The summed E-state index contributed by atoms with van der Waals surface area (Å²) in [6.07, 6.45) is 0. The SMILES string of the molecule is N#Cc1ccc(-n2c(=S)[nH]c3ccc(Br)cc32)cc1. The molecule has 0 fully saturated rings. The zero-order valence-corrected chi connectivity index (χ0v) is 12.1. The normalized spacial score (nSPS) is 10.5. The van der Waals surface area contributed by atoms with Crippen LogP contribution in [-0.4, -0.2) is 9.55 Å². The molecule has 19 heavy (non-hydrogen) atoms. The van der Waals surface area contributed by atoms with E-state index in [1.165, 1.54) is 0 Å². The van der Waals surface area contributed by atoms with Gasteiger partial charge in [-0.1, -0.05) is 15.9 Å². The number of fused-ring (bicyclic) bond motifs is 1. The van der Waals surface area contributed by atoms with E-state index >= 15 is 0 Å². The van der Waals surface area contributed by atoms with Crippen LogP contribution in [0.4, 0.5) is 0 Å². The summed E-state index contributed by atoms with van der Waals surface area (Å²) in [5, 5.41) is 8.83. The molecule has 0 radical (unpaired) electrons. The first kappa shape index (κ1) is 12.2. The fraction of sp³-hybridized carbons (Fsp3) is 0. The van der Waals surface area contributed by atoms with Crippen LogP contribution in [-0.2, 0) is 0 Å². The summed E-state index contributed by atoms with van der Waals surface area (Å²) in [6, 6.07) is 15.4. The number of benzene rings is 2. The fourth-order valence-corrected chi connectivity index (χ4v) is 2.68. The monoisotopic (exact) mass is 329 g/mol. The van der Waals surface area contributed by atoms with Crippen molar-refractivity contribution in [3.63, 3.8) is 0 Å². The minimum absolute atomic E-state index is 0.635. The lowest BCUT2D eigenvalue weighted by molar-refractivity contribution is 1.06. The van der Waals surface area contributed by atoms with Crippen LogP contribution in [0.2, 0.25) is 0 Å². The lowest BCUT2D eigenvalue weighted by atomic mass is 10.2. The smallest absolute Gasteiger partial charge is 0.182 e. The minimum Gasteiger partial charge on any atom is -0.330 e. The van der Waals surface area contributed by atoms with Gasteiger partial charge in [-0.25, -0.2) is 0 Å². The molecule has 0 bridgehead atoms. The van der Waals surface area contributed by atoms with Gasteiger partial charge >= 0.3 is 0 Å². The van der Waals surface area contributed by atoms with E-state index in [-0.39, 0.29) is 0 Å². The number of rotatable bonds is 1. The maximum absolute atomic E-state index is 8.83. The molecule has 0 spiro atoms. The molecule has 0 aliphatic rings. The van der Waals surface area contributed by atoms with Crippen LogP contribution >= 0.6 is 28.1 Å². The first-order valence-corrected chi connectivity index (χ1v) is 6.80. The van der Waals surface area contributed by atoms with Crippen molar-refractivity contribution in [3.05, 3.63) is 57.3 Å². The van der Waals surface area contributed by atoms with E-state index in [9.17, 15) is 0 Å². The predicted octanol–water partition coefficient (Wildman–Crippen LogP) is 4.32. The summed E-state index contributed by atoms with van der Waals surface area (Å²) in [4.78, 5) is 3.17. The number of hydrogen-bond acceptors (Lipinski definition) is 2. The van der Waals surface area contributed by atoms with Gasteiger partial charge in [0.25, 0.3) is 0 Å². The molecule has 5 heteroatoms. The summed E-state index contributed by atoms with van der Waals surface area (Å²) in [7, 11) is 0. The zero-order chi connectivity index (χ0) is 13.4. The lowest BCUT2D eigenvalue weighted by Crippen LogP contribution is -1.93. The Balaban J connectivity index is 2.29. The Morgan fingerprint density at radius 1 is 1.16 bits per heavy atom. The van der Waals surface area contributed by atoms with E-state index in [0.717, 1.165) is 21.2 Å². The third-order valence-corrected chi connectivity index (χ3v) is 3.68. The number of nitriles is 1. The molecule has 0 unspecified atom stereocenters. The van der Waals surface area contributed by atoms with Crippen LogP contribution in [0.1, 0.15) is 5.56 Å². The van der Waals surface area contributed by atoms with Crippen molar-refractivity contribution in [2.24, 2.45) is 0 Å². The number of halogens is 1. The fourth-order valence-electron chi connectivity index (χ4n) is 2.02. The number of H-pyrrole nitrogens is 1. The van der Waals surface area contributed by atoms with Gasteiger partial charge in [-0.05, 0) is 54.7 Å². The van der Waals surface area contributed by atoms with Crippen molar-refractivity contribution in [1.29, 1.82) is 5.26 Å². The molecule has 3 aromatic rings. The molecule has 0 aliphatic heterocycles. The quantitative estimate of drug-likeness (QED) is 0.675. The molecular formula is C14H8BrN3S. The summed E-state index contributed by atoms with van der Waals surface area (Å²) >= 11 is 8.83. The predicted molar refractivity (Wildman–Crippen MR) is 80.9 cm³/mol. The summed E-state index contributed by atoms with van der Waals surface area (Å²) in [5.74, 6) is 0. The van der Waals surface area contributed by atoms with Gasteiger partial charge in [0.15, 0.2) is 4.77 Å². The number of aromatic amines is 1. The van der Waals surface area contributed by atoms with Crippen LogP contribution in [0.5, 0.6) is 0 Å². The zero-order valence-electron chi connectivity index (χ0n) is 9.72. The van der Waals surface area contributed by atoms with E-state index in [2.05, 4.69) is 27.0 Å². The number of nitrogens with one attached hydrogen (secondary N) is 1. The second kappa shape index (κ2) is 4.65. The molecule has 1 heterocycles. The largest absolute Gasteiger partial charge is 0.330 e.